The van der Waals surface area contributed by atoms with Gasteiger partial charge in [0.05, 0.1) is 7.11 Å². The van der Waals surface area contributed by atoms with Crippen molar-refractivity contribution in [3.63, 3.8) is 0 Å². The van der Waals surface area contributed by atoms with E-state index in [2.05, 4.69) is 26.2 Å². The minimum atomic E-state index is -0.306. The third-order valence-corrected chi connectivity index (χ3v) is 4.44. The zero-order chi connectivity index (χ0) is 19.4. The van der Waals surface area contributed by atoms with Crippen LogP contribution >= 0.6 is 15.9 Å². The summed E-state index contributed by atoms with van der Waals surface area (Å²) < 4.78 is 7.45. The molecule has 0 fully saturated rings. The molecule has 1 aromatic heterocycles. The third kappa shape index (κ3) is 4.62. The lowest BCUT2D eigenvalue weighted by molar-refractivity contribution is -0.116. The number of aryl methyl sites for hydroxylation is 1. The second-order valence-electron chi connectivity index (χ2n) is 5.93. The molecule has 1 amide bonds. The number of carbonyl (C=O) groups excluding carboxylic acids is 1. The lowest BCUT2D eigenvalue weighted by Crippen LogP contribution is -2.29. The Labute approximate surface area is 165 Å². The Bertz CT molecular complexity index is 1010. The number of hydrogen-bond donors (Lipinski definition) is 1. The highest BCUT2D eigenvalue weighted by Crippen LogP contribution is 2.20. The van der Waals surface area contributed by atoms with Crippen LogP contribution in [0.2, 0.25) is 0 Å². The molecule has 138 valence electrons. The first-order valence-electron chi connectivity index (χ1n) is 8.24. The first-order valence-corrected chi connectivity index (χ1v) is 9.04. The van der Waals surface area contributed by atoms with Gasteiger partial charge in [-0.05, 0) is 55.5 Å². The number of benzene rings is 2. The van der Waals surface area contributed by atoms with E-state index in [9.17, 15) is 9.59 Å². The van der Waals surface area contributed by atoms with Crippen LogP contribution in [-0.4, -0.2) is 22.6 Å². The minimum Gasteiger partial charge on any atom is -0.497 e. The number of carbonyl (C=O) groups is 1. The molecule has 6 nitrogen and oxygen atoms in total. The first kappa shape index (κ1) is 18.8. The van der Waals surface area contributed by atoms with Crippen LogP contribution in [0.5, 0.6) is 5.75 Å². The maximum Gasteiger partial charge on any atom is 0.254 e. The van der Waals surface area contributed by atoms with Crippen LogP contribution < -0.4 is 15.6 Å². The van der Waals surface area contributed by atoms with Gasteiger partial charge in [-0.2, -0.15) is 0 Å². The standard InChI is InChI=1S/C20H18BrN3O3/c1-13-11-19(26)24(12-18(25)23-16-7-5-15(21)6-8-16)20(22-13)14-3-9-17(27-2)10-4-14/h3-11H,12H2,1-2H3,(H,23,25). The van der Waals surface area contributed by atoms with Gasteiger partial charge in [-0.1, -0.05) is 15.9 Å². The highest BCUT2D eigenvalue weighted by Gasteiger charge is 2.13. The number of methoxy groups -OCH3 is 1. The largest absolute Gasteiger partial charge is 0.497 e. The van der Waals surface area contributed by atoms with Crippen LogP contribution in [0.3, 0.4) is 0 Å². The first-order chi connectivity index (χ1) is 13.0. The van der Waals surface area contributed by atoms with Gasteiger partial charge in [0.1, 0.15) is 18.1 Å². The molecule has 2 aromatic carbocycles. The highest BCUT2D eigenvalue weighted by atomic mass is 79.9. The van der Waals surface area contributed by atoms with E-state index < -0.39 is 0 Å². The summed E-state index contributed by atoms with van der Waals surface area (Å²) in [5, 5.41) is 2.79. The van der Waals surface area contributed by atoms with Crippen LogP contribution in [0.1, 0.15) is 5.69 Å². The van der Waals surface area contributed by atoms with Crippen LogP contribution in [0.25, 0.3) is 11.4 Å². The number of nitrogens with zero attached hydrogens (tertiary/aromatic N) is 2. The van der Waals surface area contributed by atoms with Crippen LogP contribution in [0, 0.1) is 6.92 Å². The molecule has 0 spiro atoms. The Morgan fingerprint density at radius 3 is 2.44 bits per heavy atom. The molecule has 0 unspecified atom stereocenters. The van der Waals surface area contributed by atoms with Gasteiger partial charge in [0, 0.05) is 27.5 Å². The van der Waals surface area contributed by atoms with E-state index in [0.717, 1.165) is 10.0 Å². The molecule has 0 aliphatic rings. The maximum absolute atomic E-state index is 12.5. The maximum atomic E-state index is 12.5. The molecule has 0 aliphatic heterocycles. The Hall–Kier alpha value is -2.93. The number of anilines is 1. The van der Waals surface area contributed by atoms with Crippen LogP contribution in [-0.2, 0) is 11.3 Å². The fraction of sp³-hybridized carbons (Fsp3) is 0.150. The molecule has 0 saturated carbocycles. The van der Waals surface area contributed by atoms with Gasteiger partial charge < -0.3 is 10.1 Å². The quantitative estimate of drug-likeness (QED) is 0.674. The minimum absolute atomic E-state index is 0.135. The Morgan fingerprint density at radius 2 is 1.81 bits per heavy atom. The average Bonchev–Trinajstić information content (AvgIpc) is 2.65. The van der Waals surface area contributed by atoms with Gasteiger partial charge in [0.2, 0.25) is 5.91 Å². The second-order valence-corrected chi connectivity index (χ2v) is 6.84. The predicted molar refractivity (Wildman–Crippen MR) is 108 cm³/mol. The summed E-state index contributed by atoms with van der Waals surface area (Å²) in [4.78, 5) is 29.4. The second kappa shape index (κ2) is 8.18. The van der Waals surface area contributed by atoms with Crippen molar-refractivity contribution < 1.29 is 9.53 Å². The van der Waals surface area contributed by atoms with Gasteiger partial charge in [-0.15, -0.1) is 0 Å². The Balaban J connectivity index is 1.90. The van der Waals surface area contributed by atoms with Crippen molar-refractivity contribution >= 4 is 27.5 Å². The lowest BCUT2D eigenvalue weighted by Gasteiger charge is -2.13. The molecule has 27 heavy (non-hydrogen) atoms. The normalized spacial score (nSPS) is 10.5. The molecule has 3 aromatic rings. The molecule has 7 heteroatoms. The number of amides is 1. The fourth-order valence-corrected chi connectivity index (χ4v) is 2.88. The number of aromatic nitrogens is 2. The van der Waals surface area contributed by atoms with E-state index in [1.807, 2.05) is 24.3 Å². The molecular formula is C20H18BrN3O3. The predicted octanol–water partition coefficient (Wildman–Crippen LogP) is 3.63. The summed E-state index contributed by atoms with van der Waals surface area (Å²) >= 11 is 3.35. The average molecular weight is 428 g/mol. The summed E-state index contributed by atoms with van der Waals surface area (Å²) in [6.07, 6.45) is 0. The zero-order valence-electron chi connectivity index (χ0n) is 14.9. The smallest absolute Gasteiger partial charge is 0.254 e. The molecule has 1 heterocycles. The lowest BCUT2D eigenvalue weighted by atomic mass is 10.2. The molecule has 0 aliphatic carbocycles. The summed E-state index contributed by atoms with van der Waals surface area (Å²) in [6, 6.07) is 15.8. The number of nitrogens with one attached hydrogen (secondary N) is 1. The van der Waals surface area contributed by atoms with Crippen LogP contribution in [0.15, 0.2) is 63.9 Å². The van der Waals surface area contributed by atoms with E-state index in [-0.39, 0.29) is 18.0 Å². The summed E-state index contributed by atoms with van der Waals surface area (Å²) in [5.74, 6) is 0.835. The number of rotatable bonds is 5. The topological polar surface area (TPSA) is 73.2 Å². The Morgan fingerprint density at radius 1 is 1.15 bits per heavy atom. The summed E-state index contributed by atoms with van der Waals surface area (Å²) in [6.45, 7) is 1.62. The summed E-state index contributed by atoms with van der Waals surface area (Å²) in [7, 11) is 1.59. The molecule has 0 saturated heterocycles. The SMILES string of the molecule is COc1ccc(-c2nc(C)cc(=O)n2CC(=O)Nc2ccc(Br)cc2)cc1. The molecule has 0 radical (unpaired) electrons. The summed E-state index contributed by atoms with van der Waals surface area (Å²) in [5.41, 5.74) is 1.70. The molecule has 0 bridgehead atoms. The van der Waals surface area contributed by atoms with Crippen molar-refractivity contribution in [3.05, 3.63) is 75.1 Å². The van der Waals surface area contributed by atoms with Crippen molar-refractivity contribution in [3.8, 4) is 17.1 Å². The van der Waals surface area contributed by atoms with Gasteiger partial charge in [-0.25, -0.2) is 4.98 Å². The monoisotopic (exact) mass is 427 g/mol. The van der Waals surface area contributed by atoms with Gasteiger partial charge >= 0.3 is 0 Å². The van der Waals surface area contributed by atoms with E-state index in [1.165, 1.54) is 10.6 Å². The number of hydrogen-bond acceptors (Lipinski definition) is 4. The molecule has 1 N–H and O–H groups in total. The number of ether oxygens (including phenoxy) is 1. The third-order valence-electron chi connectivity index (χ3n) is 3.91. The number of halogens is 1. The van der Waals surface area contributed by atoms with E-state index in [4.69, 9.17) is 4.74 Å². The van der Waals surface area contributed by atoms with E-state index >= 15 is 0 Å². The van der Waals surface area contributed by atoms with Crippen molar-refractivity contribution in [2.45, 2.75) is 13.5 Å². The van der Waals surface area contributed by atoms with E-state index in [1.54, 1.807) is 38.3 Å². The Kier molecular flexibility index (Phi) is 5.71. The van der Waals surface area contributed by atoms with Crippen molar-refractivity contribution in [1.82, 2.24) is 9.55 Å². The molecular weight excluding hydrogens is 410 g/mol. The molecule has 3 rings (SSSR count). The van der Waals surface area contributed by atoms with E-state index in [0.29, 0.717) is 23.0 Å². The van der Waals surface area contributed by atoms with Crippen molar-refractivity contribution in [1.29, 1.82) is 0 Å². The van der Waals surface area contributed by atoms with Gasteiger partial charge in [0.15, 0.2) is 0 Å². The van der Waals surface area contributed by atoms with Crippen molar-refractivity contribution in [2.24, 2.45) is 0 Å². The zero-order valence-corrected chi connectivity index (χ0v) is 16.5. The van der Waals surface area contributed by atoms with Gasteiger partial charge in [0.25, 0.3) is 5.56 Å². The van der Waals surface area contributed by atoms with Gasteiger partial charge in [-0.3, -0.25) is 14.2 Å². The fourth-order valence-electron chi connectivity index (χ4n) is 2.61. The van der Waals surface area contributed by atoms with Crippen molar-refractivity contribution in [2.75, 3.05) is 12.4 Å². The highest BCUT2D eigenvalue weighted by molar-refractivity contribution is 9.10. The van der Waals surface area contributed by atoms with Crippen LogP contribution in [0.4, 0.5) is 5.69 Å². The molecule has 0 atom stereocenters.